The molecule has 0 spiro atoms. The monoisotopic (exact) mass is 358 g/mol. The molecule has 0 aromatic carbocycles. The summed E-state index contributed by atoms with van der Waals surface area (Å²) in [5.74, 6) is 0. The summed E-state index contributed by atoms with van der Waals surface area (Å²) in [4.78, 5) is 0. The third-order valence-corrected chi connectivity index (χ3v) is 4.84. The second kappa shape index (κ2) is 23.9. The van der Waals surface area contributed by atoms with E-state index in [0.717, 1.165) is 19.3 Å². The Morgan fingerprint density at radius 2 is 1.04 bits per heavy atom. The zero-order chi connectivity index (χ0) is 19.2. The number of methoxy groups -OCH3 is 1. The molecular weight excluding hydrogens is 308 g/mol. The van der Waals surface area contributed by atoms with Crippen LogP contribution in [0, 0.1) is 0 Å². The topological polar surface area (TPSA) is 29.5 Å². The summed E-state index contributed by atoms with van der Waals surface area (Å²) in [7, 11) is 1.84. The predicted octanol–water partition coefficient (Wildman–Crippen LogP) is 7.67. The molecule has 0 radical (unpaired) electrons. The number of rotatable bonds is 17. The zero-order valence-electron chi connectivity index (χ0n) is 18.3. The first kappa shape index (κ1) is 27.1. The van der Waals surface area contributed by atoms with Gasteiger partial charge in [0.25, 0.3) is 0 Å². The van der Waals surface area contributed by atoms with Crippen molar-refractivity contribution in [1.82, 2.24) is 0 Å². The third kappa shape index (κ3) is 23.9. The van der Waals surface area contributed by atoms with Crippen molar-refractivity contribution in [2.75, 3.05) is 7.11 Å². The fourth-order valence-corrected chi connectivity index (χ4v) is 3.14. The van der Waals surface area contributed by atoms with Crippen molar-refractivity contribution in [2.24, 2.45) is 0 Å². The average Bonchev–Trinajstić information content (AvgIpc) is 2.61. The summed E-state index contributed by atoms with van der Waals surface area (Å²) >= 11 is 0. The summed E-state index contributed by atoms with van der Waals surface area (Å²) in [5.41, 5.74) is 0. The van der Waals surface area contributed by atoms with Gasteiger partial charge in [0.1, 0.15) is 0 Å². The molecule has 0 heterocycles. The van der Waals surface area contributed by atoms with Crippen molar-refractivity contribution in [1.29, 1.82) is 0 Å². The molecule has 1 N–H and O–H groups in total. The van der Waals surface area contributed by atoms with E-state index in [4.69, 9.17) is 4.74 Å². The van der Waals surface area contributed by atoms with Gasteiger partial charge in [-0.25, -0.2) is 0 Å². The maximum Gasteiger partial charge on any atom is 0.0571 e. The highest BCUT2D eigenvalue weighted by Gasteiger charge is 2.04. The van der Waals surface area contributed by atoms with Crippen molar-refractivity contribution < 1.29 is 9.84 Å². The summed E-state index contributed by atoms with van der Waals surface area (Å²) in [6, 6.07) is 0. The van der Waals surface area contributed by atoms with Gasteiger partial charge in [0.15, 0.2) is 0 Å². The minimum atomic E-state index is -0.0309. The molecule has 2 nitrogen and oxygen atoms in total. The summed E-state index contributed by atoms with van der Waals surface area (Å²) < 4.78 is 5.40. The van der Waals surface area contributed by atoms with Gasteiger partial charge in [-0.2, -0.15) is 0 Å². The predicted molar refractivity (Wildman–Crippen MR) is 113 cm³/mol. The van der Waals surface area contributed by atoms with E-state index in [1.54, 1.807) is 0 Å². The van der Waals surface area contributed by atoms with Crippen LogP contribution < -0.4 is 0 Å². The minimum Gasteiger partial charge on any atom is -0.393 e. The van der Waals surface area contributed by atoms with Gasteiger partial charge in [-0.3, -0.25) is 0 Å². The standard InChI is InChI=1S/C12H26O.C11H24O/c1-4-6-7-8-9-11-12(13-3)10-5-2;1-3-5-6-7-8-10-11(12)9-4-2/h12H,4-11H2,1-3H3;11-12H,3-10H2,1-2H3/t;11-/m.0/s1. The molecule has 0 bridgehead atoms. The van der Waals surface area contributed by atoms with E-state index < -0.39 is 0 Å². The number of hydrogen-bond acceptors (Lipinski definition) is 2. The Hall–Kier alpha value is -0.0800. The second-order valence-corrected chi connectivity index (χ2v) is 7.49. The number of ether oxygens (including phenoxy) is 1. The molecule has 0 fully saturated rings. The van der Waals surface area contributed by atoms with Gasteiger partial charge < -0.3 is 9.84 Å². The first-order valence-electron chi connectivity index (χ1n) is 11.4. The quantitative estimate of drug-likeness (QED) is 0.270. The van der Waals surface area contributed by atoms with Crippen molar-refractivity contribution >= 4 is 0 Å². The van der Waals surface area contributed by atoms with E-state index >= 15 is 0 Å². The highest BCUT2D eigenvalue weighted by Crippen LogP contribution is 2.12. The maximum atomic E-state index is 9.41. The largest absolute Gasteiger partial charge is 0.393 e. The van der Waals surface area contributed by atoms with Gasteiger partial charge in [0, 0.05) is 7.11 Å². The molecule has 0 aromatic rings. The van der Waals surface area contributed by atoms with Gasteiger partial charge >= 0.3 is 0 Å². The normalized spacial score (nSPS) is 13.2. The summed E-state index contributed by atoms with van der Waals surface area (Å²) in [6.45, 7) is 8.84. The van der Waals surface area contributed by atoms with Crippen LogP contribution in [-0.2, 0) is 4.74 Å². The van der Waals surface area contributed by atoms with Gasteiger partial charge in [-0.05, 0) is 25.7 Å². The molecule has 0 rings (SSSR count). The maximum absolute atomic E-state index is 9.41. The second-order valence-electron chi connectivity index (χ2n) is 7.49. The van der Waals surface area contributed by atoms with Crippen molar-refractivity contribution in [3.8, 4) is 0 Å². The molecule has 2 heteroatoms. The lowest BCUT2D eigenvalue weighted by atomic mass is 10.1. The number of hydrogen-bond donors (Lipinski definition) is 1. The molecule has 0 saturated heterocycles. The Kier molecular flexibility index (Phi) is 26.0. The number of aliphatic hydroxyl groups is 1. The number of unbranched alkanes of at least 4 members (excludes halogenated alkanes) is 8. The van der Waals surface area contributed by atoms with Gasteiger partial charge in [-0.1, -0.05) is 105 Å². The van der Waals surface area contributed by atoms with Crippen molar-refractivity contribution in [3.05, 3.63) is 0 Å². The van der Waals surface area contributed by atoms with E-state index in [1.165, 1.54) is 83.5 Å². The summed E-state index contributed by atoms with van der Waals surface area (Å²) in [6.07, 6.45) is 20.7. The first-order chi connectivity index (χ1) is 12.2. The Morgan fingerprint density at radius 3 is 1.48 bits per heavy atom. The zero-order valence-corrected chi connectivity index (χ0v) is 18.3. The van der Waals surface area contributed by atoms with Gasteiger partial charge in [0.2, 0.25) is 0 Å². The highest BCUT2D eigenvalue weighted by atomic mass is 16.5. The van der Waals surface area contributed by atoms with Crippen LogP contribution in [0.2, 0.25) is 0 Å². The Balaban J connectivity index is 0. The molecule has 0 aliphatic rings. The van der Waals surface area contributed by atoms with E-state index in [9.17, 15) is 5.11 Å². The van der Waals surface area contributed by atoms with Crippen LogP contribution in [-0.4, -0.2) is 24.4 Å². The molecule has 2 atom stereocenters. The molecular formula is C23H50O2. The van der Waals surface area contributed by atoms with Crippen LogP contribution >= 0.6 is 0 Å². The van der Waals surface area contributed by atoms with E-state index in [2.05, 4.69) is 27.7 Å². The molecule has 0 saturated carbocycles. The fraction of sp³-hybridized carbons (Fsp3) is 1.00. The summed E-state index contributed by atoms with van der Waals surface area (Å²) in [5, 5.41) is 9.41. The first-order valence-corrected chi connectivity index (χ1v) is 11.4. The molecule has 1 unspecified atom stereocenters. The molecule has 0 aromatic heterocycles. The lowest BCUT2D eigenvalue weighted by Crippen LogP contribution is -2.09. The molecule has 0 aliphatic carbocycles. The molecule has 0 amide bonds. The smallest absolute Gasteiger partial charge is 0.0571 e. The Bertz CT molecular complexity index is 218. The van der Waals surface area contributed by atoms with Crippen molar-refractivity contribution in [3.63, 3.8) is 0 Å². The molecule has 0 aliphatic heterocycles. The molecule has 154 valence electrons. The average molecular weight is 359 g/mol. The van der Waals surface area contributed by atoms with Crippen LogP contribution in [0.1, 0.15) is 130 Å². The highest BCUT2D eigenvalue weighted by molar-refractivity contribution is 4.57. The van der Waals surface area contributed by atoms with Crippen molar-refractivity contribution in [2.45, 2.75) is 143 Å². The van der Waals surface area contributed by atoms with Crippen LogP contribution in [0.4, 0.5) is 0 Å². The number of aliphatic hydroxyl groups excluding tert-OH is 1. The van der Waals surface area contributed by atoms with E-state index in [0.29, 0.717) is 6.10 Å². The van der Waals surface area contributed by atoms with Crippen LogP contribution in [0.25, 0.3) is 0 Å². The van der Waals surface area contributed by atoms with Crippen LogP contribution in [0.3, 0.4) is 0 Å². The Labute approximate surface area is 160 Å². The van der Waals surface area contributed by atoms with Gasteiger partial charge in [0.05, 0.1) is 12.2 Å². The fourth-order valence-electron chi connectivity index (χ4n) is 3.14. The third-order valence-electron chi connectivity index (χ3n) is 4.84. The Morgan fingerprint density at radius 1 is 0.560 bits per heavy atom. The van der Waals surface area contributed by atoms with E-state index in [-0.39, 0.29) is 6.10 Å². The lowest BCUT2D eigenvalue weighted by Gasteiger charge is -2.13. The minimum absolute atomic E-state index is 0.0309. The van der Waals surface area contributed by atoms with Gasteiger partial charge in [-0.15, -0.1) is 0 Å². The van der Waals surface area contributed by atoms with Crippen LogP contribution in [0.5, 0.6) is 0 Å². The molecule has 25 heavy (non-hydrogen) atoms. The van der Waals surface area contributed by atoms with E-state index in [1.807, 2.05) is 7.11 Å². The van der Waals surface area contributed by atoms with Crippen LogP contribution in [0.15, 0.2) is 0 Å². The lowest BCUT2D eigenvalue weighted by molar-refractivity contribution is 0.0849. The SMILES string of the molecule is CCCCCCCC(CCC)OC.CCCCCCC[C@@H](O)CCC.